The minimum absolute atomic E-state index is 0.298. The predicted molar refractivity (Wildman–Crippen MR) is 76.1 cm³/mol. The smallest absolute Gasteiger partial charge is 0.130 e. The zero-order valence-electron chi connectivity index (χ0n) is 12.5. The molecular weight excluding hydrogens is 238 g/mol. The summed E-state index contributed by atoms with van der Waals surface area (Å²) in [6, 6.07) is 0.375. The van der Waals surface area contributed by atoms with E-state index in [1.165, 1.54) is 11.3 Å². The van der Waals surface area contributed by atoms with Crippen LogP contribution in [0.15, 0.2) is 6.20 Å². The SMILES string of the molecule is CCOCCc1ncc2c(n1)CC(C)(C)CC2NC. The molecule has 1 aromatic rings. The molecule has 1 aliphatic carbocycles. The Morgan fingerprint density at radius 3 is 2.95 bits per heavy atom. The van der Waals surface area contributed by atoms with Crippen LogP contribution in [0.5, 0.6) is 0 Å². The van der Waals surface area contributed by atoms with Crippen molar-refractivity contribution in [2.45, 2.75) is 46.1 Å². The standard InChI is InChI=1S/C15H25N3O/c1-5-19-7-6-14-17-10-11-12(16-4)8-15(2,3)9-13(11)18-14/h10,12,16H,5-9H2,1-4H3. The van der Waals surface area contributed by atoms with Crippen LogP contribution in [0.2, 0.25) is 0 Å². The van der Waals surface area contributed by atoms with Gasteiger partial charge in [-0.3, -0.25) is 0 Å². The summed E-state index contributed by atoms with van der Waals surface area (Å²) in [6.07, 6.45) is 4.97. The minimum atomic E-state index is 0.298. The lowest BCUT2D eigenvalue weighted by Gasteiger charge is -2.36. The van der Waals surface area contributed by atoms with E-state index in [1.807, 2.05) is 20.2 Å². The number of nitrogens with one attached hydrogen (secondary N) is 1. The van der Waals surface area contributed by atoms with E-state index in [1.54, 1.807) is 0 Å². The second-order valence-electron chi connectivity index (χ2n) is 6.02. The van der Waals surface area contributed by atoms with Crippen LogP contribution in [0, 0.1) is 5.41 Å². The van der Waals surface area contributed by atoms with Crippen LogP contribution in [0.3, 0.4) is 0 Å². The van der Waals surface area contributed by atoms with Gasteiger partial charge in [0.15, 0.2) is 0 Å². The zero-order chi connectivity index (χ0) is 13.9. The lowest BCUT2D eigenvalue weighted by atomic mass is 9.74. The van der Waals surface area contributed by atoms with Gasteiger partial charge in [0.05, 0.1) is 6.61 Å². The molecule has 0 bridgehead atoms. The van der Waals surface area contributed by atoms with Crippen molar-refractivity contribution in [1.82, 2.24) is 15.3 Å². The number of hydrogen-bond donors (Lipinski definition) is 1. The molecule has 106 valence electrons. The van der Waals surface area contributed by atoms with E-state index < -0.39 is 0 Å². The molecule has 0 aliphatic heterocycles. The Labute approximate surface area is 116 Å². The summed E-state index contributed by atoms with van der Waals surface area (Å²) in [5.41, 5.74) is 2.77. The number of nitrogens with zero attached hydrogens (tertiary/aromatic N) is 2. The molecule has 0 radical (unpaired) electrons. The van der Waals surface area contributed by atoms with Gasteiger partial charge in [0.1, 0.15) is 5.82 Å². The fourth-order valence-corrected chi connectivity index (χ4v) is 2.77. The van der Waals surface area contributed by atoms with Crippen LogP contribution in [-0.2, 0) is 17.6 Å². The summed E-state index contributed by atoms with van der Waals surface area (Å²) < 4.78 is 5.37. The van der Waals surface area contributed by atoms with Gasteiger partial charge in [-0.15, -0.1) is 0 Å². The van der Waals surface area contributed by atoms with Crippen molar-refractivity contribution in [2.75, 3.05) is 20.3 Å². The Kier molecular flexibility index (Phi) is 4.53. The van der Waals surface area contributed by atoms with Gasteiger partial charge in [0.25, 0.3) is 0 Å². The first kappa shape index (κ1) is 14.4. The van der Waals surface area contributed by atoms with Gasteiger partial charge in [-0.1, -0.05) is 13.8 Å². The van der Waals surface area contributed by atoms with Crippen LogP contribution in [0.1, 0.15) is 50.3 Å². The molecular formula is C15H25N3O. The largest absolute Gasteiger partial charge is 0.381 e. The first-order chi connectivity index (χ1) is 9.05. The van der Waals surface area contributed by atoms with E-state index in [4.69, 9.17) is 9.72 Å². The van der Waals surface area contributed by atoms with Crippen molar-refractivity contribution in [3.05, 3.63) is 23.3 Å². The Bertz CT molecular complexity index is 431. The number of ether oxygens (including phenoxy) is 1. The molecule has 4 heteroatoms. The number of aromatic nitrogens is 2. The molecule has 0 spiro atoms. The quantitative estimate of drug-likeness (QED) is 0.828. The lowest BCUT2D eigenvalue weighted by Crippen LogP contribution is -2.32. The predicted octanol–water partition coefficient (Wildman–Crippen LogP) is 2.29. The van der Waals surface area contributed by atoms with Gasteiger partial charge in [0.2, 0.25) is 0 Å². The molecule has 2 rings (SSSR count). The van der Waals surface area contributed by atoms with E-state index in [0.29, 0.717) is 18.1 Å². The Morgan fingerprint density at radius 2 is 2.26 bits per heavy atom. The summed E-state index contributed by atoms with van der Waals surface area (Å²) in [5.74, 6) is 0.903. The van der Waals surface area contributed by atoms with Gasteiger partial charge < -0.3 is 10.1 Å². The van der Waals surface area contributed by atoms with E-state index in [9.17, 15) is 0 Å². The van der Waals surface area contributed by atoms with E-state index in [0.717, 1.165) is 31.7 Å². The first-order valence-corrected chi connectivity index (χ1v) is 7.15. The third kappa shape index (κ3) is 3.51. The van der Waals surface area contributed by atoms with Crippen LogP contribution in [0.25, 0.3) is 0 Å². The lowest BCUT2D eigenvalue weighted by molar-refractivity contribution is 0.149. The average Bonchev–Trinajstić information content (AvgIpc) is 2.36. The minimum Gasteiger partial charge on any atom is -0.381 e. The normalized spacial score (nSPS) is 21.2. The Balaban J connectivity index is 2.18. The molecule has 1 unspecified atom stereocenters. The molecule has 1 N–H and O–H groups in total. The van der Waals surface area contributed by atoms with Gasteiger partial charge in [-0.2, -0.15) is 0 Å². The highest BCUT2D eigenvalue weighted by Gasteiger charge is 2.32. The number of hydrogen-bond acceptors (Lipinski definition) is 4. The van der Waals surface area contributed by atoms with Crippen LogP contribution in [-0.4, -0.2) is 30.2 Å². The molecule has 0 saturated heterocycles. The molecule has 1 atom stereocenters. The third-order valence-electron chi connectivity index (χ3n) is 3.75. The Hall–Kier alpha value is -1.00. The van der Waals surface area contributed by atoms with Crippen molar-refractivity contribution < 1.29 is 4.74 Å². The summed E-state index contributed by atoms with van der Waals surface area (Å²) >= 11 is 0. The second-order valence-corrected chi connectivity index (χ2v) is 6.02. The maximum Gasteiger partial charge on any atom is 0.130 e. The molecule has 19 heavy (non-hydrogen) atoms. The van der Waals surface area contributed by atoms with Gasteiger partial charge in [0, 0.05) is 36.5 Å². The molecule has 0 amide bonds. The molecule has 1 aliphatic rings. The molecule has 0 saturated carbocycles. The highest BCUT2D eigenvalue weighted by Crippen LogP contribution is 2.39. The van der Waals surface area contributed by atoms with E-state index in [-0.39, 0.29) is 0 Å². The fourth-order valence-electron chi connectivity index (χ4n) is 2.77. The van der Waals surface area contributed by atoms with E-state index in [2.05, 4.69) is 24.1 Å². The fraction of sp³-hybridized carbons (Fsp3) is 0.733. The molecule has 0 fully saturated rings. The number of rotatable bonds is 5. The topological polar surface area (TPSA) is 47.0 Å². The number of fused-ring (bicyclic) bond motifs is 1. The molecule has 4 nitrogen and oxygen atoms in total. The molecule has 1 aromatic heterocycles. The Morgan fingerprint density at radius 1 is 1.47 bits per heavy atom. The third-order valence-corrected chi connectivity index (χ3v) is 3.75. The van der Waals surface area contributed by atoms with Crippen molar-refractivity contribution in [3.8, 4) is 0 Å². The van der Waals surface area contributed by atoms with Crippen molar-refractivity contribution in [3.63, 3.8) is 0 Å². The highest BCUT2D eigenvalue weighted by atomic mass is 16.5. The van der Waals surface area contributed by atoms with Crippen molar-refractivity contribution in [1.29, 1.82) is 0 Å². The van der Waals surface area contributed by atoms with Gasteiger partial charge in [-0.25, -0.2) is 9.97 Å². The van der Waals surface area contributed by atoms with Crippen LogP contribution in [0.4, 0.5) is 0 Å². The van der Waals surface area contributed by atoms with Crippen molar-refractivity contribution >= 4 is 0 Å². The molecule has 0 aromatic carbocycles. The maximum absolute atomic E-state index is 5.37. The highest BCUT2D eigenvalue weighted by molar-refractivity contribution is 5.26. The molecule has 1 heterocycles. The van der Waals surface area contributed by atoms with Gasteiger partial charge >= 0.3 is 0 Å². The maximum atomic E-state index is 5.37. The first-order valence-electron chi connectivity index (χ1n) is 7.15. The van der Waals surface area contributed by atoms with Crippen LogP contribution >= 0.6 is 0 Å². The second kappa shape index (κ2) is 5.97. The van der Waals surface area contributed by atoms with Gasteiger partial charge in [-0.05, 0) is 32.2 Å². The van der Waals surface area contributed by atoms with Crippen molar-refractivity contribution in [2.24, 2.45) is 5.41 Å². The zero-order valence-corrected chi connectivity index (χ0v) is 12.5. The van der Waals surface area contributed by atoms with E-state index >= 15 is 0 Å². The monoisotopic (exact) mass is 263 g/mol. The summed E-state index contributed by atoms with van der Waals surface area (Å²) in [4.78, 5) is 9.23. The van der Waals surface area contributed by atoms with Crippen LogP contribution < -0.4 is 5.32 Å². The summed E-state index contributed by atoms with van der Waals surface area (Å²) in [5, 5.41) is 3.38. The summed E-state index contributed by atoms with van der Waals surface area (Å²) in [7, 11) is 2.01. The summed E-state index contributed by atoms with van der Waals surface area (Å²) in [6.45, 7) is 8.08. The average molecular weight is 263 g/mol.